The molecule has 4 radical (unpaired) electrons. The van der Waals surface area contributed by atoms with Crippen molar-refractivity contribution in [1.82, 2.24) is 0 Å². The molecule has 20 heteroatoms. The third-order valence-electron chi connectivity index (χ3n) is 0. The molecule has 0 bridgehead atoms. The Labute approximate surface area is 166 Å². The quantitative estimate of drug-likeness (QED) is 0.223. The molecule has 0 aromatic heterocycles. The zero-order chi connectivity index (χ0) is 14.3. The summed E-state index contributed by atoms with van der Waals surface area (Å²) in [6.45, 7) is 0. The Morgan fingerprint density at radius 1 is 0.250 bits per heavy atom. The SMILES string of the molecule is [O-]B([O-])[O-].[O-]B([O-])[O-].[O-]B([O-])[O-].[O-]B([O-])[O-].[Ru+3].[Ru+3].[Ru+3].[Ru+3]. The zero-order valence-electron chi connectivity index (χ0n) is 8.62. The summed E-state index contributed by atoms with van der Waals surface area (Å²) in [5.74, 6) is 0. The van der Waals surface area contributed by atoms with Crippen molar-refractivity contribution in [3.8, 4) is 0 Å². The Bertz CT molecular complexity index is 70.4. The first-order valence-electron chi connectivity index (χ1n) is 2.83. The van der Waals surface area contributed by atoms with Crippen molar-refractivity contribution in [1.29, 1.82) is 0 Å². The fourth-order valence-electron chi connectivity index (χ4n) is 0. The predicted octanol–water partition coefficient (Wildman–Crippen LogP) is -15.8. The van der Waals surface area contributed by atoms with Crippen molar-refractivity contribution in [2.75, 3.05) is 0 Å². The minimum atomic E-state index is -2.92. The van der Waals surface area contributed by atoms with E-state index in [1.807, 2.05) is 0 Å². The molecule has 0 aliphatic carbocycles. The smallest absolute Gasteiger partial charge is 0.907 e. The monoisotopic (exact) mass is 644 g/mol. The van der Waals surface area contributed by atoms with E-state index in [0.29, 0.717) is 0 Å². The van der Waals surface area contributed by atoms with Crippen LogP contribution in [0.2, 0.25) is 0 Å². The molecule has 0 heterocycles. The van der Waals surface area contributed by atoms with Gasteiger partial charge in [0.05, 0.1) is 0 Å². The molecule has 0 N–H and O–H groups in total. The van der Waals surface area contributed by atoms with Crippen LogP contribution >= 0.6 is 0 Å². The maximum absolute atomic E-state index is 8.42. The molecule has 20 heavy (non-hydrogen) atoms. The third kappa shape index (κ3) is 1460. The molecule has 0 unspecified atom stereocenters. The van der Waals surface area contributed by atoms with Crippen LogP contribution in [0.15, 0.2) is 0 Å². The van der Waals surface area contributed by atoms with Crippen LogP contribution in [0, 0.1) is 0 Å². The summed E-state index contributed by atoms with van der Waals surface area (Å²) < 4.78 is 0. The molecule has 0 atom stereocenters. The Kier molecular flexibility index (Phi) is 106. The molecule has 0 aliphatic heterocycles. The molecule has 0 saturated heterocycles. The summed E-state index contributed by atoms with van der Waals surface area (Å²) in [6, 6.07) is 0. The van der Waals surface area contributed by atoms with Gasteiger partial charge in [-0.2, -0.15) is 0 Å². The van der Waals surface area contributed by atoms with Gasteiger partial charge >= 0.3 is 77.9 Å². The predicted molar refractivity (Wildman–Crippen MR) is 23.0 cm³/mol. The summed E-state index contributed by atoms with van der Waals surface area (Å²) in [7, 11) is -11.7. The molecule has 0 spiro atoms. The second-order valence-corrected chi connectivity index (χ2v) is 1.15. The van der Waals surface area contributed by atoms with Crippen LogP contribution in [0.1, 0.15) is 0 Å². The summed E-state index contributed by atoms with van der Waals surface area (Å²) in [5, 5.41) is 101. The van der Waals surface area contributed by atoms with Gasteiger partial charge in [-0.05, 0) is 0 Å². The maximum Gasteiger partial charge on any atom is 3.00 e. The van der Waals surface area contributed by atoms with Crippen LogP contribution in [0.3, 0.4) is 0 Å². The normalized spacial score (nSPS) is 5.40. The van der Waals surface area contributed by atoms with Gasteiger partial charge in [-0.25, -0.2) is 0 Å². The van der Waals surface area contributed by atoms with Gasteiger partial charge in [0, 0.05) is 0 Å². The second kappa shape index (κ2) is 42.9. The van der Waals surface area contributed by atoms with E-state index >= 15 is 0 Å². The molecule has 0 saturated carbocycles. The van der Waals surface area contributed by atoms with Crippen molar-refractivity contribution >= 4 is 29.3 Å². The topological polar surface area (TPSA) is 277 Å². The summed E-state index contributed by atoms with van der Waals surface area (Å²) in [5.41, 5.74) is 0. The van der Waals surface area contributed by atoms with Crippen LogP contribution in [-0.2, 0) is 77.9 Å². The van der Waals surface area contributed by atoms with Gasteiger partial charge in [0.1, 0.15) is 0 Å². The minimum Gasteiger partial charge on any atom is -0.907 e. The molecule has 0 aromatic carbocycles. The average molecular weight is 640 g/mol. The van der Waals surface area contributed by atoms with Crippen molar-refractivity contribution < 1.29 is 138 Å². The number of hydrogen-bond donors (Lipinski definition) is 0. The van der Waals surface area contributed by atoms with Crippen molar-refractivity contribution in [3.63, 3.8) is 0 Å². The number of rotatable bonds is 0. The first-order chi connectivity index (χ1) is 6.93. The van der Waals surface area contributed by atoms with Crippen molar-refractivity contribution in [3.05, 3.63) is 0 Å². The van der Waals surface area contributed by atoms with Gasteiger partial charge in [-0.15, -0.1) is 0 Å². The Balaban J connectivity index is -0.0000000150. The van der Waals surface area contributed by atoms with Crippen LogP contribution < -0.4 is 60.3 Å². The van der Waals surface area contributed by atoms with Crippen molar-refractivity contribution in [2.24, 2.45) is 0 Å². The van der Waals surface area contributed by atoms with E-state index in [1.54, 1.807) is 0 Å². The zero-order valence-corrected chi connectivity index (χ0v) is 15.6. The van der Waals surface area contributed by atoms with Crippen LogP contribution in [0.5, 0.6) is 0 Å². The molecule has 116 valence electrons. The maximum atomic E-state index is 8.42. The second-order valence-electron chi connectivity index (χ2n) is 1.15. The van der Waals surface area contributed by atoms with Crippen LogP contribution in [-0.4, -0.2) is 29.3 Å². The summed E-state index contributed by atoms with van der Waals surface area (Å²) >= 11 is 0. The Morgan fingerprint density at radius 3 is 0.250 bits per heavy atom. The molecule has 0 amide bonds. The van der Waals surface area contributed by atoms with E-state index in [4.69, 9.17) is 60.3 Å². The minimum absolute atomic E-state index is 0. The van der Waals surface area contributed by atoms with E-state index in [1.165, 1.54) is 0 Å². The van der Waals surface area contributed by atoms with Crippen molar-refractivity contribution in [2.45, 2.75) is 0 Å². The van der Waals surface area contributed by atoms with Crippen LogP contribution in [0.4, 0.5) is 0 Å². The van der Waals surface area contributed by atoms with Gasteiger partial charge < -0.3 is 60.3 Å². The molecular formula is B4O12Ru4. The Hall–Kier alpha value is 2.27. The van der Waals surface area contributed by atoms with E-state index in [-0.39, 0.29) is 77.9 Å². The molecule has 12 nitrogen and oxygen atoms in total. The molecular weight excluding hydrogens is 640 g/mol. The average Bonchev–Trinajstić information content (AvgIpc) is 1.76. The van der Waals surface area contributed by atoms with E-state index in [2.05, 4.69) is 0 Å². The van der Waals surface area contributed by atoms with E-state index in [0.717, 1.165) is 0 Å². The standard InChI is InChI=1S/4BO3.4Ru/c4*2-1(3)4;;;;/q4*-3;4*+3. The largest absolute Gasteiger partial charge is 3.00 e. The molecule has 0 rings (SSSR count). The number of hydrogen-bond acceptors (Lipinski definition) is 12. The third-order valence-corrected chi connectivity index (χ3v) is 0. The summed E-state index contributed by atoms with van der Waals surface area (Å²) in [4.78, 5) is 0. The fourth-order valence-corrected chi connectivity index (χ4v) is 0. The van der Waals surface area contributed by atoms with Gasteiger partial charge in [0.15, 0.2) is 0 Å². The fraction of sp³-hybridized carbons (Fsp3) is 0. The molecule has 0 aromatic rings. The first-order valence-corrected chi connectivity index (χ1v) is 2.83. The van der Waals surface area contributed by atoms with E-state index in [9.17, 15) is 0 Å². The van der Waals surface area contributed by atoms with Gasteiger partial charge in [-0.1, -0.05) is 0 Å². The first kappa shape index (κ1) is 49.5. The van der Waals surface area contributed by atoms with Gasteiger partial charge in [-0.3, -0.25) is 29.3 Å². The van der Waals surface area contributed by atoms with Gasteiger partial charge in [0.2, 0.25) is 0 Å². The van der Waals surface area contributed by atoms with Gasteiger partial charge in [0.25, 0.3) is 0 Å². The molecule has 0 fully saturated rings. The van der Waals surface area contributed by atoms with Crippen LogP contribution in [0.25, 0.3) is 0 Å². The molecule has 0 aliphatic rings. The van der Waals surface area contributed by atoms with E-state index < -0.39 is 29.3 Å². The Morgan fingerprint density at radius 2 is 0.250 bits per heavy atom. The summed E-state index contributed by atoms with van der Waals surface area (Å²) in [6.07, 6.45) is 0.